The van der Waals surface area contributed by atoms with E-state index >= 15 is 0 Å². The van der Waals surface area contributed by atoms with Crippen molar-refractivity contribution in [2.75, 3.05) is 6.54 Å². The van der Waals surface area contributed by atoms with Crippen molar-refractivity contribution in [3.05, 3.63) is 29.6 Å². The first-order chi connectivity index (χ1) is 7.49. The fourth-order valence-electron chi connectivity index (χ4n) is 1.36. The third-order valence-corrected chi connectivity index (χ3v) is 2.23. The van der Waals surface area contributed by atoms with Gasteiger partial charge < -0.3 is 10.1 Å². The molecular weight excluding hydrogens is 205 g/mol. The van der Waals surface area contributed by atoms with Crippen molar-refractivity contribution in [2.45, 2.75) is 39.8 Å². The van der Waals surface area contributed by atoms with Crippen molar-refractivity contribution >= 4 is 0 Å². The SMILES string of the molecule is Cc1ccc(F)c(OC(C)CNC(C)C)c1. The van der Waals surface area contributed by atoms with Gasteiger partial charge in [-0.05, 0) is 31.5 Å². The minimum Gasteiger partial charge on any atom is -0.486 e. The molecule has 90 valence electrons. The zero-order valence-electron chi connectivity index (χ0n) is 10.4. The van der Waals surface area contributed by atoms with Crippen LogP contribution in [0.4, 0.5) is 4.39 Å². The fraction of sp³-hybridized carbons (Fsp3) is 0.538. The summed E-state index contributed by atoms with van der Waals surface area (Å²) in [5.74, 6) is 0.0278. The van der Waals surface area contributed by atoms with E-state index in [0.717, 1.165) is 5.56 Å². The molecule has 0 heterocycles. The van der Waals surface area contributed by atoms with E-state index in [1.54, 1.807) is 12.1 Å². The molecule has 1 aromatic rings. The molecule has 0 bridgehead atoms. The zero-order valence-corrected chi connectivity index (χ0v) is 10.4. The molecule has 16 heavy (non-hydrogen) atoms. The van der Waals surface area contributed by atoms with Gasteiger partial charge in [0.2, 0.25) is 0 Å². The molecule has 0 aliphatic carbocycles. The van der Waals surface area contributed by atoms with E-state index < -0.39 is 0 Å². The van der Waals surface area contributed by atoms with Crippen LogP contribution in [0.15, 0.2) is 18.2 Å². The third-order valence-electron chi connectivity index (χ3n) is 2.23. The van der Waals surface area contributed by atoms with Crippen molar-refractivity contribution < 1.29 is 9.13 Å². The van der Waals surface area contributed by atoms with Crippen LogP contribution in [0.1, 0.15) is 26.3 Å². The quantitative estimate of drug-likeness (QED) is 0.832. The highest BCUT2D eigenvalue weighted by molar-refractivity contribution is 5.29. The Balaban J connectivity index is 2.55. The van der Waals surface area contributed by atoms with Crippen LogP contribution in [0.3, 0.4) is 0 Å². The number of hydrogen-bond donors (Lipinski definition) is 1. The largest absolute Gasteiger partial charge is 0.486 e. The van der Waals surface area contributed by atoms with Crippen LogP contribution in [0, 0.1) is 12.7 Å². The van der Waals surface area contributed by atoms with Crippen molar-refractivity contribution in [3.63, 3.8) is 0 Å². The van der Waals surface area contributed by atoms with Crippen LogP contribution in [-0.2, 0) is 0 Å². The molecule has 0 aliphatic rings. The summed E-state index contributed by atoms with van der Waals surface area (Å²) in [6.45, 7) is 8.70. The number of aryl methyl sites for hydroxylation is 1. The lowest BCUT2D eigenvalue weighted by molar-refractivity contribution is 0.204. The fourth-order valence-corrected chi connectivity index (χ4v) is 1.36. The number of hydrogen-bond acceptors (Lipinski definition) is 2. The maximum atomic E-state index is 13.4. The summed E-state index contributed by atoms with van der Waals surface area (Å²) in [5.41, 5.74) is 1.00. The topological polar surface area (TPSA) is 21.3 Å². The van der Waals surface area contributed by atoms with E-state index in [4.69, 9.17) is 4.74 Å². The van der Waals surface area contributed by atoms with Gasteiger partial charge in [0.05, 0.1) is 0 Å². The molecule has 0 radical (unpaired) electrons. The number of ether oxygens (including phenoxy) is 1. The summed E-state index contributed by atoms with van der Waals surface area (Å²) in [5, 5.41) is 3.25. The predicted molar refractivity (Wildman–Crippen MR) is 64.4 cm³/mol. The van der Waals surface area contributed by atoms with Crippen molar-refractivity contribution in [1.82, 2.24) is 5.32 Å². The summed E-state index contributed by atoms with van der Waals surface area (Å²) in [6, 6.07) is 5.31. The number of nitrogens with one attached hydrogen (secondary N) is 1. The number of benzene rings is 1. The van der Waals surface area contributed by atoms with Crippen molar-refractivity contribution in [3.8, 4) is 5.75 Å². The monoisotopic (exact) mass is 225 g/mol. The molecule has 0 saturated carbocycles. The second-order valence-corrected chi connectivity index (χ2v) is 4.43. The second kappa shape index (κ2) is 5.85. The van der Waals surface area contributed by atoms with E-state index in [0.29, 0.717) is 18.3 Å². The van der Waals surface area contributed by atoms with E-state index in [2.05, 4.69) is 19.2 Å². The summed E-state index contributed by atoms with van der Waals surface area (Å²) in [6.07, 6.45) is -0.0429. The molecule has 0 fully saturated rings. The molecule has 1 N–H and O–H groups in total. The highest BCUT2D eigenvalue weighted by atomic mass is 19.1. The van der Waals surface area contributed by atoms with E-state index in [9.17, 15) is 4.39 Å². The first-order valence-electron chi connectivity index (χ1n) is 5.65. The van der Waals surface area contributed by atoms with Gasteiger partial charge in [0.25, 0.3) is 0 Å². The van der Waals surface area contributed by atoms with Gasteiger partial charge in [-0.15, -0.1) is 0 Å². The molecule has 1 aromatic carbocycles. The Morgan fingerprint density at radius 3 is 2.62 bits per heavy atom. The van der Waals surface area contributed by atoms with Crippen LogP contribution in [0.2, 0.25) is 0 Å². The average molecular weight is 225 g/mol. The zero-order chi connectivity index (χ0) is 12.1. The van der Waals surface area contributed by atoms with Gasteiger partial charge in [0.15, 0.2) is 11.6 Å². The Morgan fingerprint density at radius 2 is 2.00 bits per heavy atom. The van der Waals surface area contributed by atoms with Gasteiger partial charge in [0, 0.05) is 12.6 Å². The molecule has 0 amide bonds. The third kappa shape index (κ3) is 4.19. The Kier molecular flexibility index (Phi) is 4.74. The molecule has 1 rings (SSSR count). The molecule has 1 unspecified atom stereocenters. The van der Waals surface area contributed by atoms with Gasteiger partial charge in [-0.3, -0.25) is 0 Å². The predicted octanol–water partition coefficient (Wildman–Crippen LogP) is 2.90. The van der Waals surface area contributed by atoms with Crippen LogP contribution < -0.4 is 10.1 Å². The van der Waals surface area contributed by atoms with Crippen molar-refractivity contribution in [1.29, 1.82) is 0 Å². The standard InChI is InChI=1S/C13H20FNO/c1-9(2)15-8-11(4)16-13-7-10(3)5-6-12(13)14/h5-7,9,11,15H,8H2,1-4H3. The minimum absolute atomic E-state index is 0.0429. The Bertz CT molecular complexity index is 339. The molecule has 0 aromatic heterocycles. The summed E-state index contributed by atoms with van der Waals surface area (Å²) in [7, 11) is 0. The molecule has 0 aliphatic heterocycles. The highest BCUT2D eigenvalue weighted by Gasteiger charge is 2.08. The molecule has 0 saturated heterocycles. The number of rotatable bonds is 5. The highest BCUT2D eigenvalue weighted by Crippen LogP contribution is 2.19. The van der Waals surface area contributed by atoms with Gasteiger partial charge in [-0.2, -0.15) is 0 Å². The van der Waals surface area contributed by atoms with E-state index in [1.807, 2.05) is 13.8 Å². The Morgan fingerprint density at radius 1 is 1.31 bits per heavy atom. The lowest BCUT2D eigenvalue weighted by Crippen LogP contribution is -2.33. The van der Waals surface area contributed by atoms with Gasteiger partial charge in [-0.25, -0.2) is 4.39 Å². The lowest BCUT2D eigenvalue weighted by atomic mass is 10.2. The summed E-state index contributed by atoms with van der Waals surface area (Å²) >= 11 is 0. The Labute approximate surface area is 96.8 Å². The maximum Gasteiger partial charge on any atom is 0.165 e. The van der Waals surface area contributed by atoms with Gasteiger partial charge in [-0.1, -0.05) is 19.9 Å². The smallest absolute Gasteiger partial charge is 0.165 e. The van der Waals surface area contributed by atoms with Gasteiger partial charge >= 0.3 is 0 Å². The van der Waals surface area contributed by atoms with E-state index in [-0.39, 0.29) is 11.9 Å². The maximum absolute atomic E-state index is 13.4. The first-order valence-corrected chi connectivity index (χ1v) is 5.65. The summed E-state index contributed by atoms with van der Waals surface area (Å²) < 4.78 is 18.9. The normalized spacial score (nSPS) is 12.9. The molecule has 1 atom stereocenters. The second-order valence-electron chi connectivity index (χ2n) is 4.43. The molecule has 0 spiro atoms. The first kappa shape index (κ1) is 13.0. The number of halogens is 1. The van der Waals surface area contributed by atoms with Crippen LogP contribution in [0.5, 0.6) is 5.75 Å². The molecule has 3 heteroatoms. The molecular formula is C13H20FNO. The Hall–Kier alpha value is -1.09. The minimum atomic E-state index is -0.304. The van der Waals surface area contributed by atoms with E-state index in [1.165, 1.54) is 6.07 Å². The van der Waals surface area contributed by atoms with Crippen LogP contribution in [-0.4, -0.2) is 18.7 Å². The average Bonchev–Trinajstić information content (AvgIpc) is 2.20. The van der Waals surface area contributed by atoms with Crippen LogP contribution >= 0.6 is 0 Å². The van der Waals surface area contributed by atoms with Crippen molar-refractivity contribution in [2.24, 2.45) is 0 Å². The molecule has 2 nitrogen and oxygen atoms in total. The van der Waals surface area contributed by atoms with Gasteiger partial charge in [0.1, 0.15) is 6.10 Å². The summed E-state index contributed by atoms with van der Waals surface area (Å²) in [4.78, 5) is 0. The lowest BCUT2D eigenvalue weighted by Gasteiger charge is -2.17. The van der Waals surface area contributed by atoms with Crippen LogP contribution in [0.25, 0.3) is 0 Å².